The molecule has 0 bridgehead atoms. The van der Waals surface area contributed by atoms with Gasteiger partial charge in [0.1, 0.15) is 17.1 Å². The second kappa shape index (κ2) is 4.94. The van der Waals surface area contributed by atoms with Gasteiger partial charge in [0.15, 0.2) is 5.65 Å². The molecule has 0 spiro atoms. The molecule has 4 rings (SSSR count). The molecule has 1 unspecified atom stereocenters. The second-order valence-electron chi connectivity index (χ2n) is 5.49. The zero-order valence-electron chi connectivity index (χ0n) is 12.1. The van der Waals surface area contributed by atoms with Crippen molar-refractivity contribution in [1.82, 2.24) is 25.0 Å². The third kappa shape index (κ3) is 2.05. The van der Waals surface area contributed by atoms with Crippen molar-refractivity contribution in [1.29, 1.82) is 0 Å². The quantitative estimate of drug-likeness (QED) is 0.783. The van der Waals surface area contributed by atoms with E-state index in [2.05, 4.69) is 20.1 Å². The molecule has 1 N–H and O–H groups in total. The summed E-state index contributed by atoms with van der Waals surface area (Å²) >= 11 is 0. The van der Waals surface area contributed by atoms with E-state index in [9.17, 15) is 4.79 Å². The lowest BCUT2D eigenvalue weighted by Gasteiger charge is -2.22. The Bertz CT molecular complexity index is 837. The summed E-state index contributed by atoms with van der Waals surface area (Å²) in [5, 5.41) is 4.06. The highest BCUT2D eigenvalue weighted by Gasteiger charge is 2.33. The maximum Gasteiger partial charge on any atom is 0.273 e. The van der Waals surface area contributed by atoms with Gasteiger partial charge in [-0.05, 0) is 31.9 Å². The van der Waals surface area contributed by atoms with E-state index in [1.54, 1.807) is 12.4 Å². The number of nitrogens with one attached hydrogen (secondary N) is 1. The number of amides is 1. The Morgan fingerprint density at radius 3 is 3.18 bits per heavy atom. The van der Waals surface area contributed by atoms with Gasteiger partial charge in [0, 0.05) is 12.6 Å². The van der Waals surface area contributed by atoms with Gasteiger partial charge in [-0.2, -0.15) is 0 Å². The largest absolute Gasteiger partial charge is 0.361 e. The lowest BCUT2D eigenvalue weighted by Crippen LogP contribution is -2.31. The molecule has 112 valence electrons. The number of aromatic nitrogens is 4. The number of rotatable bonds is 2. The van der Waals surface area contributed by atoms with E-state index in [-0.39, 0.29) is 11.9 Å². The molecule has 0 radical (unpaired) electrons. The number of likely N-dealkylation sites (tertiary alicyclic amines) is 1. The Kier molecular flexibility index (Phi) is 2.92. The molecular formula is C15H15N5O2. The third-order valence-corrected chi connectivity index (χ3v) is 4.00. The van der Waals surface area contributed by atoms with E-state index in [1.165, 1.54) is 0 Å². The predicted octanol–water partition coefficient (Wildman–Crippen LogP) is 2.23. The molecule has 4 heterocycles. The van der Waals surface area contributed by atoms with Crippen molar-refractivity contribution < 1.29 is 9.32 Å². The average molecular weight is 297 g/mol. The average Bonchev–Trinajstić information content (AvgIpc) is 3.25. The van der Waals surface area contributed by atoms with Crippen LogP contribution in [-0.4, -0.2) is 37.5 Å². The fraction of sp³-hybridized carbons (Fsp3) is 0.333. The molecule has 1 aliphatic rings. The van der Waals surface area contributed by atoms with Crippen LogP contribution in [0.4, 0.5) is 0 Å². The molecular weight excluding hydrogens is 282 g/mol. The van der Waals surface area contributed by atoms with Gasteiger partial charge < -0.3 is 14.4 Å². The molecule has 1 atom stereocenters. The van der Waals surface area contributed by atoms with E-state index in [0.717, 1.165) is 29.8 Å². The first-order valence-corrected chi connectivity index (χ1v) is 7.27. The molecule has 1 aliphatic heterocycles. The van der Waals surface area contributed by atoms with Crippen LogP contribution in [0.2, 0.25) is 0 Å². The number of hydrogen-bond acceptors (Lipinski definition) is 5. The molecule has 7 heteroatoms. The Morgan fingerprint density at radius 2 is 2.36 bits per heavy atom. The first-order chi connectivity index (χ1) is 10.7. The van der Waals surface area contributed by atoms with Crippen molar-refractivity contribution >= 4 is 17.1 Å². The van der Waals surface area contributed by atoms with Gasteiger partial charge in [0.25, 0.3) is 5.91 Å². The fourth-order valence-electron chi connectivity index (χ4n) is 2.95. The van der Waals surface area contributed by atoms with Crippen LogP contribution in [-0.2, 0) is 0 Å². The maximum absolute atomic E-state index is 12.8. The number of nitrogens with zero attached hydrogens (tertiary/aromatic N) is 4. The summed E-state index contributed by atoms with van der Waals surface area (Å²) < 4.78 is 5.14. The summed E-state index contributed by atoms with van der Waals surface area (Å²) in [6, 6.07) is 5.41. The number of fused-ring (bicyclic) bond motifs is 1. The van der Waals surface area contributed by atoms with Crippen LogP contribution in [0.3, 0.4) is 0 Å². The molecule has 1 amide bonds. The Morgan fingerprint density at radius 1 is 1.45 bits per heavy atom. The van der Waals surface area contributed by atoms with Crippen molar-refractivity contribution in [2.75, 3.05) is 6.54 Å². The van der Waals surface area contributed by atoms with Crippen LogP contribution in [0, 0.1) is 6.92 Å². The summed E-state index contributed by atoms with van der Waals surface area (Å²) in [7, 11) is 0. The highest BCUT2D eigenvalue weighted by atomic mass is 16.5. The Hall–Kier alpha value is -2.70. The number of aromatic amines is 1. The van der Waals surface area contributed by atoms with Gasteiger partial charge in [-0.1, -0.05) is 5.16 Å². The zero-order chi connectivity index (χ0) is 15.1. The van der Waals surface area contributed by atoms with Crippen LogP contribution < -0.4 is 0 Å². The molecule has 0 aromatic carbocycles. The highest BCUT2D eigenvalue weighted by Crippen LogP contribution is 2.32. The molecule has 7 nitrogen and oxygen atoms in total. The predicted molar refractivity (Wildman–Crippen MR) is 78.1 cm³/mol. The first kappa shape index (κ1) is 13.0. The van der Waals surface area contributed by atoms with E-state index < -0.39 is 0 Å². The van der Waals surface area contributed by atoms with Crippen molar-refractivity contribution in [2.45, 2.75) is 25.8 Å². The number of pyridine rings is 1. The Labute approximate surface area is 126 Å². The summed E-state index contributed by atoms with van der Waals surface area (Å²) in [6.07, 6.45) is 3.41. The highest BCUT2D eigenvalue weighted by molar-refractivity contribution is 5.94. The van der Waals surface area contributed by atoms with Gasteiger partial charge in [-0.3, -0.25) is 4.79 Å². The normalized spacial score (nSPS) is 18.2. The van der Waals surface area contributed by atoms with Gasteiger partial charge in [-0.15, -0.1) is 0 Å². The number of H-pyrrole nitrogens is 1. The molecule has 0 aliphatic carbocycles. The lowest BCUT2D eigenvalue weighted by molar-refractivity contribution is 0.0725. The first-order valence-electron chi connectivity index (χ1n) is 7.27. The number of carbonyl (C=O) groups is 1. The van der Waals surface area contributed by atoms with E-state index in [0.29, 0.717) is 17.9 Å². The van der Waals surface area contributed by atoms with Crippen molar-refractivity contribution in [2.24, 2.45) is 0 Å². The molecule has 22 heavy (non-hydrogen) atoms. The molecule has 3 aromatic heterocycles. The number of carbonyl (C=O) groups excluding carboxylic acids is 1. The van der Waals surface area contributed by atoms with Gasteiger partial charge in [-0.25, -0.2) is 9.97 Å². The minimum Gasteiger partial charge on any atom is -0.361 e. The van der Waals surface area contributed by atoms with Crippen LogP contribution in [0.15, 0.2) is 29.0 Å². The van der Waals surface area contributed by atoms with Gasteiger partial charge in [0.2, 0.25) is 0 Å². The van der Waals surface area contributed by atoms with Gasteiger partial charge >= 0.3 is 0 Å². The van der Waals surface area contributed by atoms with E-state index in [4.69, 9.17) is 4.52 Å². The zero-order valence-corrected chi connectivity index (χ0v) is 12.1. The topological polar surface area (TPSA) is 87.9 Å². The SMILES string of the molecule is Cc1cc(C2CCCN2C(=O)c2ccc3[nH]cnc3n2)no1. The molecule has 3 aromatic rings. The van der Waals surface area contributed by atoms with Crippen molar-refractivity contribution in [3.8, 4) is 0 Å². The van der Waals surface area contributed by atoms with E-state index in [1.807, 2.05) is 24.0 Å². The molecule has 1 saturated heterocycles. The smallest absolute Gasteiger partial charge is 0.273 e. The Balaban J connectivity index is 1.65. The molecule has 0 saturated carbocycles. The van der Waals surface area contributed by atoms with Crippen LogP contribution >= 0.6 is 0 Å². The standard InChI is InChI=1S/C15H15N5O2/c1-9-7-12(19-22-9)13-3-2-6-20(13)15(21)11-5-4-10-14(18-11)17-8-16-10/h4-5,7-8,13H,2-3,6H2,1H3,(H,16,17,18). The summed E-state index contributed by atoms with van der Waals surface area (Å²) in [5.74, 6) is 0.665. The minimum absolute atomic E-state index is 0.0402. The number of aryl methyl sites for hydroxylation is 1. The number of hydrogen-bond donors (Lipinski definition) is 1. The second-order valence-corrected chi connectivity index (χ2v) is 5.49. The van der Waals surface area contributed by atoms with Crippen molar-refractivity contribution in [3.05, 3.63) is 41.7 Å². The molecule has 1 fully saturated rings. The van der Waals surface area contributed by atoms with Crippen LogP contribution in [0.5, 0.6) is 0 Å². The third-order valence-electron chi connectivity index (χ3n) is 4.00. The summed E-state index contributed by atoms with van der Waals surface area (Å²) in [6.45, 7) is 2.56. The summed E-state index contributed by atoms with van der Waals surface area (Å²) in [5.41, 5.74) is 2.59. The van der Waals surface area contributed by atoms with Gasteiger partial charge in [0.05, 0.1) is 17.9 Å². The monoisotopic (exact) mass is 297 g/mol. The van der Waals surface area contributed by atoms with E-state index >= 15 is 0 Å². The fourth-order valence-corrected chi connectivity index (χ4v) is 2.95. The number of imidazole rings is 1. The maximum atomic E-state index is 12.8. The summed E-state index contributed by atoms with van der Waals surface area (Å²) in [4.78, 5) is 26.0. The lowest BCUT2D eigenvalue weighted by atomic mass is 10.1. The van der Waals surface area contributed by atoms with Crippen LogP contribution in [0.25, 0.3) is 11.2 Å². The minimum atomic E-state index is -0.0898. The van der Waals surface area contributed by atoms with Crippen molar-refractivity contribution in [3.63, 3.8) is 0 Å². The van der Waals surface area contributed by atoms with Crippen LogP contribution in [0.1, 0.15) is 40.8 Å².